The van der Waals surface area contributed by atoms with Crippen molar-refractivity contribution in [3.63, 3.8) is 0 Å². The van der Waals surface area contributed by atoms with Crippen LogP contribution in [0.5, 0.6) is 0 Å². The highest BCUT2D eigenvalue weighted by molar-refractivity contribution is 6.00. The number of aldehydes is 1. The van der Waals surface area contributed by atoms with Crippen LogP contribution < -0.4 is 5.73 Å². The zero-order chi connectivity index (χ0) is 13.4. The van der Waals surface area contributed by atoms with E-state index in [9.17, 15) is 14.0 Å². The third-order valence-electron chi connectivity index (χ3n) is 2.09. The number of halogens is 1. The minimum absolute atomic E-state index is 0.178. The summed E-state index contributed by atoms with van der Waals surface area (Å²) in [6.45, 7) is 0. The summed E-state index contributed by atoms with van der Waals surface area (Å²) >= 11 is 0. The summed E-state index contributed by atoms with van der Waals surface area (Å²) in [6, 6.07) is 14.3. The topological polar surface area (TPSA) is 60.2 Å². The second-order valence-corrected chi connectivity index (χ2v) is 3.36. The van der Waals surface area contributed by atoms with Gasteiger partial charge in [0.15, 0.2) is 6.29 Å². The molecule has 3 nitrogen and oxygen atoms in total. The molecular formula is C14H12FNO2. The van der Waals surface area contributed by atoms with E-state index in [-0.39, 0.29) is 11.4 Å². The van der Waals surface area contributed by atoms with Crippen molar-refractivity contribution in [2.24, 2.45) is 5.73 Å². The summed E-state index contributed by atoms with van der Waals surface area (Å²) < 4.78 is 11.9. The number of primary amides is 1. The lowest BCUT2D eigenvalue weighted by Gasteiger charge is -1.96. The minimum Gasteiger partial charge on any atom is -0.366 e. The number of carbonyl (C=O) groups excluding carboxylic acids is 2. The van der Waals surface area contributed by atoms with Crippen molar-refractivity contribution in [3.8, 4) is 0 Å². The zero-order valence-corrected chi connectivity index (χ0v) is 9.55. The molecule has 0 fully saturated rings. The molecule has 18 heavy (non-hydrogen) atoms. The van der Waals surface area contributed by atoms with Crippen LogP contribution in [0.25, 0.3) is 0 Å². The molecular weight excluding hydrogens is 233 g/mol. The van der Waals surface area contributed by atoms with Crippen molar-refractivity contribution in [1.29, 1.82) is 0 Å². The van der Waals surface area contributed by atoms with Crippen molar-refractivity contribution in [2.75, 3.05) is 0 Å². The summed E-state index contributed by atoms with van der Waals surface area (Å²) in [5.74, 6) is -0.754. The van der Waals surface area contributed by atoms with Gasteiger partial charge in [0.05, 0.1) is 0 Å². The Bertz CT molecular complexity index is 526. The number of hydrogen-bond donors (Lipinski definition) is 1. The molecule has 0 aliphatic carbocycles. The third kappa shape index (κ3) is 4.17. The molecule has 0 bridgehead atoms. The van der Waals surface area contributed by atoms with Gasteiger partial charge in [-0.05, 0) is 18.2 Å². The van der Waals surface area contributed by atoms with Gasteiger partial charge in [-0.25, -0.2) is 4.39 Å². The van der Waals surface area contributed by atoms with Gasteiger partial charge in [-0.1, -0.05) is 36.4 Å². The third-order valence-corrected chi connectivity index (χ3v) is 2.09. The fourth-order valence-corrected chi connectivity index (χ4v) is 1.24. The SMILES string of the molecule is Fc1ccccc1.NC(=O)c1ccccc1C=O. The number of hydrogen-bond acceptors (Lipinski definition) is 2. The minimum atomic E-state index is -0.576. The van der Waals surface area contributed by atoms with Crippen molar-refractivity contribution in [1.82, 2.24) is 0 Å². The van der Waals surface area contributed by atoms with E-state index < -0.39 is 5.91 Å². The molecule has 0 atom stereocenters. The highest BCUT2D eigenvalue weighted by Crippen LogP contribution is 2.03. The van der Waals surface area contributed by atoms with Gasteiger partial charge < -0.3 is 5.73 Å². The summed E-state index contributed by atoms with van der Waals surface area (Å²) in [7, 11) is 0. The first kappa shape index (κ1) is 13.6. The number of nitrogens with two attached hydrogens (primary N) is 1. The second-order valence-electron chi connectivity index (χ2n) is 3.36. The maximum absolute atomic E-state index is 11.9. The standard InChI is InChI=1S/C8H7NO2.C6H5F/c9-8(11)7-4-2-1-3-6(7)5-10;7-6-4-2-1-3-5-6/h1-5H,(H2,9,11);1-5H. The Kier molecular flexibility index (Phi) is 5.25. The number of benzene rings is 2. The molecule has 0 unspecified atom stereocenters. The van der Waals surface area contributed by atoms with E-state index >= 15 is 0 Å². The molecule has 2 aromatic carbocycles. The molecule has 0 saturated carbocycles. The Hall–Kier alpha value is -2.49. The van der Waals surface area contributed by atoms with Crippen LogP contribution in [0, 0.1) is 5.82 Å². The average Bonchev–Trinajstić information content (AvgIpc) is 2.40. The predicted octanol–water partition coefficient (Wildman–Crippen LogP) is 2.42. The van der Waals surface area contributed by atoms with Gasteiger partial charge in [0.25, 0.3) is 0 Å². The first-order chi connectivity index (χ1) is 8.65. The molecule has 0 saturated heterocycles. The predicted molar refractivity (Wildman–Crippen MR) is 66.7 cm³/mol. The largest absolute Gasteiger partial charge is 0.366 e. The van der Waals surface area contributed by atoms with Crippen molar-refractivity contribution >= 4 is 12.2 Å². The Labute approximate surface area is 104 Å². The lowest BCUT2D eigenvalue weighted by atomic mass is 10.1. The number of amides is 1. The molecule has 0 radical (unpaired) electrons. The quantitative estimate of drug-likeness (QED) is 0.826. The van der Waals surface area contributed by atoms with Gasteiger partial charge in [0, 0.05) is 11.1 Å². The molecule has 1 amide bonds. The van der Waals surface area contributed by atoms with Gasteiger partial charge in [0.2, 0.25) is 5.91 Å². The van der Waals surface area contributed by atoms with Gasteiger partial charge in [-0.2, -0.15) is 0 Å². The molecule has 2 rings (SSSR count). The van der Waals surface area contributed by atoms with E-state index in [2.05, 4.69) is 0 Å². The summed E-state index contributed by atoms with van der Waals surface area (Å²) in [4.78, 5) is 21.0. The molecule has 2 N–H and O–H groups in total. The molecule has 0 spiro atoms. The van der Waals surface area contributed by atoms with Crippen LogP contribution in [-0.4, -0.2) is 12.2 Å². The Morgan fingerprint density at radius 1 is 1.00 bits per heavy atom. The van der Waals surface area contributed by atoms with E-state index in [0.29, 0.717) is 11.8 Å². The number of rotatable bonds is 2. The van der Waals surface area contributed by atoms with Crippen LogP contribution in [0.3, 0.4) is 0 Å². The van der Waals surface area contributed by atoms with Crippen molar-refractivity contribution < 1.29 is 14.0 Å². The average molecular weight is 245 g/mol. The Morgan fingerprint density at radius 2 is 1.56 bits per heavy atom. The normalized spacial score (nSPS) is 8.94. The highest BCUT2D eigenvalue weighted by Gasteiger charge is 2.04. The fraction of sp³-hybridized carbons (Fsp3) is 0. The fourth-order valence-electron chi connectivity index (χ4n) is 1.24. The number of carbonyl (C=O) groups is 2. The van der Waals surface area contributed by atoms with Gasteiger partial charge in [0.1, 0.15) is 5.82 Å². The van der Waals surface area contributed by atoms with Gasteiger partial charge in [-0.15, -0.1) is 0 Å². The Balaban J connectivity index is 0.000000199. The molecule has 0 aliphatic heterocycles. The molecule has 0 aliphatic rings. The summed E-state index contributed by atoms with van der Waals surface area (Å²) in [5.41, 5.74) is 5.59. The monoisotopic (exact) mass is 245 g/mol. The van der Waals surface area contributed by atoms with Gasteiger partial charge >= 0.3 is 0 Å². The lowest BCUT2D eigenvalue weighted by molar-refractivity contribution is 0.0993. The maximum Gasteiger partial charge on any atom is 0.249 e. The van der Waals surface area contributed by atoms with Crippen LogP contribution in [0.4, 0.5) is 4.39 Å². The maximum atomic E-state index is 11.9. The van der Waals surface area contributed by atoms with E-state index in [4.69, 9.17) is 5.73 Å². The van der Waals surface area contributed by atoms with E-state index in [1.54, 1.807) is 36.4 Å². The molecule has 0 aromatic heterocycles. The summed E-state index contributed by atoms with van der Waals surface area (Å²) in [5, 5.41) is 0. The van der Waals surface area contributed by atoms with Crippen LogP contribution in [0.15, 0.2) is 54.6 Å². The molecule has 4 heteroatoms. The van der Waals surface area contributed by atoms with E-state index in [1.807, 2.05) is 0 Å². The van der Waals surface area contributed by atoms with Crippen LogP contribution >= 0.6 is 0 Å². The van der Waals surface area contributed by atoms with Gasteiger partial charge in [-0.3, -0.25) is 9.59 Å². The second kappa shape index (κ2) is 6.96. The highest BCUT2D eigenvalue weighted by atomic mass is 19.1. The van der Waals surface area contributed by atoms with Crippen LogP contribution in [0.1, 0.15) is 20.7 Å². The molecule has 2 aromatic rings. The van der Waals surface area contributed by atoms with Crippen LogP contribution in [-0.2, 0) is 0 Å². The summed E-state index contributed by atoms with van der Waals surface area (Å²) in [6.07, 6.45) is 0.611. The zero-order valence-electron chi connectivity index (χ0n) is 9.55. The first-order valence-corrected chi connectivity index (χ1v) is 5.19. The van der Waals surface area contributed by atoms with Crippen LogP contribution in [0.2, 0.25) is 0 Å². The first-order valence-electron chi connectivity index (χ1n) is 5.19. The lowest BCUT2D eigenvalue weighted by Crippen LogP contribution is -2.13. The van der Waals surface area contributed by atoms with E-state index in [1.165, 1.54) is 18.2 Å². The molecule has 92 valence electrons. The smallest absolute Gasteiger partial charge is 0.249 e. The van der Waals surface area contributed by atoms with E-state index in [0.717, 1.165) is 0 Å². The Morgan fingerprint density at radius 3 is 1.94 bits per heavy atom. The van der Waals surface area contributed by atoms with Crippen molar-refractivity contribution in [3.05, 3.63) is 71.5 Å². The van der Waals surface area contributed by atoms with Crippen molar-refractivity contribution in [2.45, 2.75) is 0 Å². The molecule has 0 heterocycles.